The van der Waals surface area contributed by atoms with Crippen LogP contribution in [0, 0.1) is 10.1 Å². The maximum atomic E-state index is 11.1. The molecule has 8 heteroatoms. The monoisotopic (exact) mass is 304 g/mol. The summed E-state index contributed by atoms with van der Waals surface area (Å²) >= 11 is 0. The van der Waals surface area contributed by atoms with Crippen molar-refractivity contribution in [3.8, 4) is 17.2 Å². The molecule has 0 aliphatic rings. The van der Waals surface area contributed by atoms with Gasteiger partial charge in [0.1, 0.15) is 17.3 Å². The molecule has 0 saturated heterocycles. The lowest BCUT2D eigenvalue weighted by Gasteiger charge is -2.12. The van der Waals surface area contributed by atoms with Crippen LogP contribution in [0.15, 0.2) is 30.5 Å². The fourth-order valence-corrected chi connectivity index (χ4v) is 1.88. The van der Waals surface area contributed by atoms with Crippen molar-refractivity contribution in [2.45, 2.75) is 0 Å². The van der Waals surface area contributed by atoms with E-state index in [4.69, 9.17) is 9.47 Å². The minimum absolute atomic E-state index is 0.0961. The van der Waals surface area contributed by atoms with Crippen LogP contribution in [0.4, 0.5) is 17.2 Å². The van der Waals surface area contributed by atoms with Crippen LogP contribution in [0.1, 0.15) is 0 Å². The van der Waals surface area contributed by atoms with Crippen molar-refractivity contribution < 1.29 is 14.4 Å². The summed E-state index contributed by atoms with van der Waals surface area (Å²) in [6, 6.07) is 6.17. The van der Waals surface area contributed by atoms with Gasteiger partial charge in [0.2, 0.25) is 0 Å². The number of aromatic nitrogens is 1. The number of ether oxygens (including phenoxy) is 2. The topological polar surface area (TPSA) is 98.5 Å². The zero-order valence-corrected chi connectivity index (χ0v) is 12.4. The first-order chi connectivity index (χ1) is 10.6. The molecule has 8 nitrogen and oxygen atoms in total. The van der Waals surface area contributed by atoms with Gasteiger partial charge < -0.3 is 20.1 Å². The number of hydrogen-bond acceptors (Lipinski definition) is 7. The molecular formula is C14H16N4O4. The first-order valence-corrected chi connectivity index (χ1v) is 6.45. The molecule has 0 fully saturated rings. The second-order valence-electron chi connectivity index (χ2n) is 4.26. The Labute approximate surface area is 127 Å². The molecule has 2 rings (SSSR count). The lowest BCUT2D eigenvalue weighted by Crippen LogP contribution is -2.00. The van der Waals surface area contributed by atoms with Crippen LogP contribution in [-0.4, -0.2) is 31.1 Å². The Balaban J connectivity index is 2.44. The molecule has 0 unspecified atom stereocenters. The van der Waals surface area contributed by atoms with E-state index in [1.54, 1.807) is 32.4 Å². The summed E-state index contributed by atoms with van der Waals surface area (Å²) in [4.78, 5) is 14.7. The predicted molar refractivity (Wildman–Crippen MR) is 83.1 cm³/mol. The largest absolute Gasteiger partial charge is 0.493 e. The van der Waals surface area contributed by atoms with E-state index in [2.05, 4.69) is 15.6 Å². The molecule has 0 amide bonds. The van der Waals surface area contributed by atoms with Crippen LogP contribution in [0.2, 0.25) is 0 Å². The van der Waals surface area contributed by atoms with Gasteiger partial charge in [0.25, 0.3) is 5.69 Å². The summed E-state index contributed by atoms with van der Waals surface area (Å²) in [5.74, 6) is 1.75. The molecule has 116 valence electrons. The molecule has 1 aromatic heterocycles. The number of hydrogen-bond donors (Lipinski definition) is 2. The Kier molecular flexibility index (Phi) is 4.62. The zero-order valence-electron chi connectivity index (χ0n) is 12.4. The summed E-state index contributed by atoms with van der Waals surface area (Å²) in [5, 5.41) is 16.8. The first kappa shape index (κ1) is 15.4. The second kappa shape index (κ2) is 6.61. The number of benzene rings is 1. The van der Waals surface area contributed by atoms with Crippen molar-refractivity contribution in [1.82, 2.24) is 4.98 Å². The average Bonchev–Trinajstić information content (AvgIpc) is 2.54. The third kappa shape index (κ3) is 3.17. The van der Waals surface area contributed by atoms with Crippen LogP contribution < -0.4 is 20.1 Å². The van der Waals surface area contributed by atoms with Crippen molar-refractivity contribution in [2.75, 3.05) is 31.8 Å². The zero-order chi connectivity index (χ0) is 16.1. The van der Waals surface area contributed by atoms with Gasteiger partial charge in [-0.25, -0.2) is 4.98 Å². The molecule has 1 heterocycles. The normalized spacial score (nSPS) is 9.95. The Bertz CT molecular complexity index is 691. The van der Waals surface area contributed by atoms with E-state index in [1.807, 2.05) is 0 Å². The van der Waals surface area contributed by atoms with E-state index >= 15 is 0 Å². The fraction of sp³-hybridized carbons (Fsp3) is 0.214. The molecule has 2 aromatic rings. The summed E-state index contributed by atoms with van der Waals surface area (Å²) in [6.45, 7) is 0. The van der Waals surface area contributed by atoms with E-state index in [-0.39, 0.29) is 11.4 Å². The van der Waals surface area contributed by atoms with E-state index in [0.717, 1.165) is 0 Å². The molecule has 0 radical (unpaired) electrons. The number of nitro benzene ring substituents is 1. The molecule has 0 aliphatic heterocycles. The Morgan fingerprint density at radius 2 is 1.95 bits per heavy atom. The molecular weight excluding hydrogens is 288 g/mol. The van der Waals surface area contributed by atoms with Gasteiger partial charge in [-0.15, -0.1) is 0 Å². The predicted octanol–water partition coefficient (Wildman–Crippen LogP) is 2.87. The van der Waals surface area contributed by atoms with Crippen LogP contribution in [0.25, 0.3) is 0 Å². The second-order valence-corrected chi connectivity index (χ2v) is 4.26. The van der Waals surface area contributed by atoms with Crippen LogP contribution in [-0.2, 0) is 0 Å². The molecule has 0 spiro atoms. The van der Waals surface area contributed by atoms with Crippen molar-refractivity contribution in [2.24, 2.45) is 0 Å². The number of nitro groups is 1. The Morgan fingerprint density at radius 3 is 2.55 bits per heavy atom. The van der Waals surface area contributed by atoms with E-state index in [1.165, 1.54) is 19.2 Å². The third-order valence-electron chi connectivity index (χ3n) is 2.96. The highest BCUT2D eigenvalue weighted by Gasteiger charge is 2.19. The molecule has 0 aliphatic carbocycles. The standard InChI is InChI=1S/C14H16N4O4/c1-15-10-7-12(21-3)13(8-11(10)18(19)20)22-9-4-5-17-14(6-9)16-2/h4-8,15H,1-3H3,(H,16,17). The van der Waals surface area contributed by atoms with Crippen LogP contribution in [0.3, 0.4) is 0 Å². The van der Waals surface area contributed by atoms with Gasteiger partial charge in [0.05, 0.1) is 18.1 Å². The van der Waals surface area contributed by atoms with Gasteiger partial charge in [-0.2, -0.15) is 0 Å². The van der Waals surface area contributed by atoms with Gasteiger partial charge in [-0.05, 0) is 6.07 Å². The summed E-state index contributed by atoms with van der Waals surface area (Å²) in [5.41, 5.74) is 0.251. The first-order valence-electron chi connectivity index (χ1n) is 6.45. The third-order valence-corrected chi connectivity index (χ3v) is 2.96. The van der Waals surface area contributed by atoms with Crippen molar-refractivity contribution >= 4 is 17.2 Å². The summed E-state index contributed by atoms with van der Waals surface area (Å²) in [6.07, 6.45) is 1.57. The quantitative estimate of drug-likeness (QED) is 0.625. The van der Waals surface area contributed by atoms with Crippen LogP contribution in [0.5, 0.6) is 17.2 Å². The minimum Gasteiger partial charge on any atom is -0.493 e. The van der Waals surface area contributed by atoms with Crippen molar-refractivity contribution in [3.05, 3.63) is 40.6 Å². The maximum absolute atomic E-state index is 11.1. The number of pyridine rings is 1. The molecule has 1 aromatic carbocycles. The molecule has 22 heavy (non-hydrogen) atoms. The number of nitrogens with zero attached hydrogens (tertiary/aromatic N) is 2. The molecule has 0 saturated carbocycles. The van der Waals surface area contributed by atoms with Gasteiger partial charge >= 0.3 is 0 Å². The molecule has 2 N–H and O–H groups in total. The van der Waals surface area contributed by atoms with E-state index in [9.17, 15) is 10.1 Å². The average molecular weight is 304 g/mol. The minimum atomic E-state index is -0.482. The highest BCUT2D eigenvalue weighted by atomic mass is 16.6. The van der Waals surface area contributed by atoms with Gasteiger partial charge in [-0.1, -0.05) is 0 Å². The SMILES string of the molecule is CNc1cc(Oc2cc([N+](=O)[O-])c(NC)cc2OC)ccn1. The van der Waals surface area contributed by atoms with Gasteiger partial charge in [-0.3, -0.25) is 10.1 Å². The highest BCUT2D eigenvalue weighted by molar-refractivity contribution is 5.68. The summed E-state index contributed by atoms with van der Waals surface area (Å²) in [7, 11) is 4.81. The summed E-state index contributed by atoms with van der Waals surface area (Å²) < 4.78 is 10.9. The lowest BCUT2D eigenvalue weighted by atomic mass is 10.2. The van der Waals surface area contributed by atoms with E-state index < -0.39 is 4.92 Å². The Hall–Kier alpha value is -3.03. The van der Waals surface area contributed by atoms with Crippen molar-refractivity contribution in [1.29, 1.82) is 0 Å². The maximum Gasteiger partial charge on any atom is 0.296 e. The molecule has 0 bridgehead atoms. The Morgan fingerprint density at radius 1 is 1.18 bits per heavy atom. The number of anilines is 2. The fourth-order valence-electron chi connectivity index (χ4n) is 1.88. The van der Waals surface area contributed by atoms with E-state index in [0.29, 0.717) is 23.0 Å². The van der Waals surface area contributed by atoms with Gasteiger partial charge in [0.15, 0.2) is 11.5 Å². The number of rotatable bonds is 6. The molecule has 0 atom stereocenters. The smallest absolute Gasteiger partial charge is 0.296 e. The number of methoxy groups -OCH3 is 1. The van der Waals surface area contributed by atoms with Gasteiger partial charge in [0, 0.05) is 32.4 Å². The lowest BCUT2D eigenvalue weighted by molar-refractivity contribution is -0.384. The van der Waals surface area contributed by atoms with Crippen molar-refractivity contribution in [3.63, 3.8) is 0 Å². The number of nitrogens with one attached hydrogen (secondary N) is 2. The highest BCUT2D eigenvalue weighted by Crippen LogP contribution is 2.39. The van der Waals surface area contributed by atoms with Crippen LogP contribution >= 0.6 is 0 Å².